The number of hydrogen-bond donors (Lipinski definition) is 1. The zero-order chi connectivity index (χ0) is 39.3. The van der Waals surface area contributed by atoms with Gasteiger partial charge in [-0.1, -0.05) is 32.1 Å². The van der Waals surface area contributed by atoms with Gasteiger partial charge in [0.25, 0.3) is 0 Å². The minimum atomic E-state index is -0.901. The Kier molecular flexibility index (Phi) is 7.34. The van der Waals surface area contributed by atoms with Gasteiger partial charge >= 0.3 is 0 Å². The first-order valence-corrected chi connectivity index (χ1v) is 20.3. The molecule has 57 heavy (non-hydrogen) atoms. The van der Waals surface area contributed by atoms with Crippen LogP contribution in [0.15, 0.2) is 82.9 Å². The predicted octanol–water partition coefficient (Wildman–Crippen LogP) is 8.11. The molecule has 1 aromatic heterocycles. The molecule has 4 aliphatic carbocycles. The maximum absolute atomic E-state index is 14.0. The molecular formula is C46H48O11. The summed E-state index contributed by atoms with van der Waals surface area (Å²) in [5, 5.41) is 11.4. The van der Waals surface area contributed by atoms with Crippen molar-refractivity contribution in [2.75, 3.05) is 26.8 Å². The Bertz CT molecular complexity index is 2200. The molecule has 5 fully saturated rings. The van der Waals surface area contributed by atoms with Gasteiger partial charge in [-0.25, -0.2) is 0 Å². The Labute approximate surface area is 331 Å². The molecule has 11 nitrogen and oxygen atoms in total. The number of rotatable bonds is 3. The molecule has 11 unspecified atom stereocenters. The van der Waals surface area contributed by atoms with E-state index in [1.165, 1.54) is 5.56 Å². The van der Waals surface area contributed by atoms with E-state index in [4.69, 9.17) is 37.6 Å². The molecular weight excluding hydrogens is 728 g/mol. The average molecular weight is 777 g/mol. The number of allylic oxidation sites excluding steroid dienone is 4. The Morgan fingerprint density at radius 3 is 1.96 bits per heavy atom. The van der Waals surface area contributed by atoms with Gasteiger partial charge in [-0.05, 0) is 111 Å². The van der Waals surface area contributed by atoms with Crippen molar-refractivity contribution in [1.29, 1.82) is 0 Å². The van der Waals surface area contributed by atoms with Crippen molar-refractivity contribution >= 4 is 11.6 Å². The summed E-state index contributed by atoms with van der Waals surface area (Å²) in [6, 6.07) is 14.1. The SMILES string of the molecule is CC1(C)C(=O)C=CC2(C)C1=C(O)C(=O)C1(C)C2CCC2(C)C(c3ccoc3)CC3OC321.c1cc2c(cc1C1OCC3C(c4ccc5c(c4)OCO5)OCC13)OCO2. The summed E-state index contributed by atoms with van der Waals surface area (Å²) >= 11 is 0. The molecule has 0 radical (unpaired) electrons. The standard InChI is InChI=1S/C26H30O5.C20H18O6/c1-22(2)17(27)7-9-23(3)16-6-10-24(4)15(14-8-11-30-13-14)12-18-26(24,31-18)25(16,5)21(29)19(28)20(22)23;1-3-15-17(25-9-23-15)5-11(1)19-13-7-22-20(14(13)8-21-19)12-2-4-16-18(6-12)26-10-24-16/h7-9,11,13,15-16,18,28H,6,10,12H2,1-5H3;1-6,13-14,19-20H,7-10H2. The van der Waals surface area contributed by atoms with Gasteiger partial charge in [-0.15, -0.1) is 0 Å². The molecule has 12 rings (SSSR count). The van der Waals surface area contributed by atoms with Crippen LogP contribution in [0.25, 0.3) is 0 Å². The summed E-state index contributed by atoms with van der Waals surface area (Å²) in [4.78, 5) is 26.7. The summed E-state index contributed by atoms with van der Waals surface area (Å²) in [6.45, 7) is 12.0. The van der Waals surface area contributed by atoms with Crippen molar-refractivity contribution in [2.45, 2.75) is 83.7 Å². The maximum atomic E-state index is 14.0. The van der Waals surface area contributed by atoms with Crippen LogP contribution in [-0.4, -0.2) is 55.2 Å². The van der Waals surface area contributed by atoms with E-state index in [0.717, 1.165) is 53.4 Å². The number of ether oxygens (including phenoxy) is 7. The smallest absolute Gasteiger partial charge is 0.231 e. The first kappa shape index (κ1) is 35.6. The molecule has 2 aromatic carbocycles. The van der Waals surface area contributed by atoms with Crippen LogP contribution >= 0.6 is 0 Å². The average Bonchev–Trinajstić information content (AvgIpc) is 3.93. The lowest BCUT2D eigenvalue weighted by atomic mass is 9.39. The van der Waals surface area contributed by atoms with Crippen LogP contribution in [0.5, 0.6) is 23.0 Å². The van der Waals surface area contributed by atoms with E-state index < -0.39 is 21.8 Å². The van der Waals surface area contributed by atoms with E-state index in [-0.39, 0.29) is 66.5 Å². The summed E-state index contributed by atoms with van der Waals surface area (Å²) in [5.41, 5.74) is 0.844. The monoisotopic (exact) mass is 776 g/mol. The van der Waals surface area contributed by atoms with E-state index in [1.54, 1.807) is 12.3 Å². The third kappa shape index (κ3) is 4.48. The fourth-order valence-corrected chi connectivity index (χ4v) is 13.2. The molecule has 1 N–H and O–H groups in total. The van der Waals surface area contributed by atoms with Crippen molar-refractivity contribution in [3.05, 3.63) is 95.2 Å². The zero-order valence-corrected chi connectivity index (χ0v) is 32.9. The molecule has 3 aromatic rings. The van der Waals surface area contributed by atoms with Gasteiger partial charge in [0, 0.05) is 22.7 Å². The van der Waals surface area contributed by atoms with Crippen LogP contribution in [0.4, 0.5) is 0 Å². The van der Waals surface area contributed by atoms with Gasteiger partial charge in [-0.3, -0.25) is 9.59 Å². The normalized spacial score (nSPS) is 40.8. The van der Waals surface area contributed by atoms with Crippen molar-refractivity contribution in [2.24, 2.45) is 39.4 Å². The Hall–Kier alpha value is -4.58. The van der Waals surface area contributed by atoms with Gasteiger partial charge in [0.05, 0.1) is 54.9 Å². The summed E-state index contributed by atoms with van der Waals surface area (Å²) in [6.07, 6.45) is 9.80. The first-order valence-electron chi connectivity index (χ1n) is 20.3. The summed E-state index contributed by atoms with van der Waals surface area (Å²) in [5.74, 6) is 3.51. The molecule has 5 aliphatic heterocycles. The number of fused-ring (bicyclic) bond motifs is 6. The summed E-state index contributed by atoms with van der Waals surface area (Å²) in [7, 11) is 0. The number of furan rings is 1. The van der Waals surface area contributed by atoms with Crippen LogP contribution in [-0.2, 0) is 23.8 Å². The van der Waals surface area contributed by atoms with Crippen LogP contribution in [0.2, 0.25) is 0 Å². The van der Waals surface area contributed by atoms with Gasteiger partial charge in [0.1, 0.15) is 5.60 Å². The molecule has 9 aliphatic rings. The number of hydrogen-bond acceptors (Lipinski definition) is 11. The van der Waals surface area contributed by atoms with Crippen LogP contribution < -0.4 is 18.9 Å². The van der Waals surface area contributed by atoms with E-state index in [2.05, 4.69) is 26.0 Å². The van der Waals surface area contributed by atoms with Gasteiger partial charge in [-0.2, -0.15) is 0 Å². The molecule has 1 spiro atoms. The third-order valence-electron chi connectivity index (χ3n) is 15.9. The van der Waals surface area contributed by atoms with E-state index in [1.807, 2.05) is 63.4 Å². The quantitative estimate of drug-likeness (QED) is 0.259. The minimum Gasteiger partial charge on any atom is -0.504 e. The first-order chi connectivity index (χ1) is 27.3. The Morgan fingerprint density at radius 1 is 0.754 bits per heavy atom. The fraction of sp³-hybridized carbons (Fsp3) is 0.522. The molecule has 2 saturated carbocycles. The van der Waals surface area contributed by atoms with Crippen LogP contribution in [0.1, 0.15) is 88.7 Å². The molecule has 6 heterocycles. The van der Waals surface area contributed by atoms with Gasteiger partial charge in [0.2, 0.25) is 19.4 Å². The lowest BCUT2D eigenvalue weighted by molar-refractivity contribution is -0.162. The molecule has 0 amide bonds. The topological polar surface area (TPSA) is 135 Å². The zero-order valence-electron chi connectivity index (χ0n) is 32.9. The Balaban J connectivity index is 0.000000133. The number of carbonyl (C=O) groups is 2. The molecule has 0 bridgehead atoms. The highest BCUT2D eigenvalue weighted by molar-refractivity contribution is 6.06. The fourth-order valence-electron chi connectivity index (χ4n) is 13.2. The largest absolute Gasteiger partial charge is 0.504 e. The van der Waals surface area contributed by atoms with Crippen LogP contribution in [0, 0.1) is 39.4 Å². The predicted molar refractivity (Wildman–Crippen MR) is 203 cm³/mol. The van der Waals surface area contributed by atoms with Gasteiger partial charge in [0.15, 0.2) is 34.5 Å². The van der Waals surface area contributed by atoms with Crippen molar-refractivity contribution < 1.29 is 52.3 Å². The number of aliphatic hydroxyl groups is 1. The van der Waals surface area contributed by atoms with Crippen LogP contribution in [0.3, 0.4) is 0 Å². The van der Waals surface area contributed by atoms with E-state index in [9.17, 15) is 14.7 Å². The molecule has 11 heteroatoms. The highest BCUT2D eigenvalue weighted by Gasteiger charge is 2.87. The van der Waals surface area contributed by atoms with E-state index >= 15 is 0 Å². The lowest BCUT2D eigenvalue weighted by Crippen LogP contribution is -2.66. The minimum absolute atomic E-state index is 0.00527. The highest BCUT2D eigenvalue weighted by atomic mass is 16.7. The van der Waals surface area contributed by atoms with Crippen molar-refractivity contribution in [1.82, 2.24) is 0 Å². The lowest BCUT2D eigenvalue weighted by Gasteiger charge is -2.62. The number of benzene rings is 2. The second-order valence-electron chi connectivity index (χ2n) is 18.6. The molecule has 298 valence electrons. The van der Waals surface area contributed by atoms with Gasteiger partial charge < -0.3 is 42.7 Å². The number of Topliss-reactive ketones (excluding diaryl/α,β-unsaturated/α-hetero) is 1. The number of epoxide rings is 1. The maximum Gasteiger partial charge on any atom is 0.231 e. The second kappa shape index (κ2) is 11.8. The van der Waals surface area contributed by atoms with Crippen molar-refractivity contribution in [3.8, 4) is 23.0 Å². The molecule has 11 atom stereocenters. The number of carbonyl (C=O) groups excluding carboxylic acids is 2. The Morgan fingerprint density at radius 2 is 1.37 bits per heavy atom. The third-order valence-corrected chi connectivity index (χ3v) is 15.9. The van der Waals surface area contributed by atoms with E-state index in [0.29, 0.717) is 30.6 Å². The molecule has 3 saturated heterocycles. The second-order valence-corrected chi connectivity index (χ2v) is 18.6. The number of aliphatic hydroxyl groups excluding tert-OH is 1. The van der Waals surface area contributed by atoms with Crippen molar-refractivity contribution in [3.63, 3.8) is 0 Å². The summed E-state index contributed by atoms with van der Waals surface area (Å²) < 4.78 is 46.1. The highest BCUT2D eigenvalue weighted by Crippen LogP contribution is 2.81. The number of ketones is 2.